The number of hydrogen-bond acceptors (Lipinski definition) is 19. The molecule has 5 rings (SSSR count). The third-order valence-electron chi connectivity index (χ3n) is 6.40. The highest BCUT2D eigenvalue weighted by Crippen LogP contribution is 2.66. The van der Waals surface area contributed by atoms with Gasteiger partial charge in [-0.3, -0.25) is 49.2 Å². The second-order valence-electron chi connectivity index (χ2n) is 9.40. The van der Waals surface area contributed by atoms with Crippen LogP contribution in [0.1, 0.15) is 6.23 Å². The molecule has 1 aliphatic carbocycles. The first-order chi connectivity index (χ1) is 21.6. The molecular weight excluding hydrogens is 717 g/mol. The molecule has 47 heavy (non-hydrogen) atoms. The highest BCUT2D eigenvalue weighted by molar-refractivity contribution is 7.66. The fourth-order valence-electron chi connectivity index (χ4n) is 4.79. The minimum atomic E-state index is -5.97. The molecule has 6 atom stereocenters. The Kier molecular flexibility index (Phi) is 8.55. The molecule has 3 aliphatic rings. The maximum Gasteiger partial charge on any atom is 0.490 e. The summed E-state index contributed by atoms with van der Waals surface area (Å²) in [6.07, 6.45) is -5.31. The normalized spacial score (nSPS) is 29.9. The smallest absolute Gasteiger partial charge is 0.369 e. The number of nitrogen functional groups attached to an aromatic ring is 1. The third kappa shape index (κ3) is 6.63. The van der Waals surface area contributed by atoms with Crippen molar-refractivity contribution in [2.75, 3.05) is 12.3 Å². The van der Waals surface area contributed by atoms with E-state index in [4.69, 9.17) is 29.7 Å². The van der Waals surface area contributed by atoms with Gasteiger partial charge in [0.15, 0.2) is 17.4 Å². The van der Waals surface area contributed by atoms with Crippen molar-refractivity contribution in [1.82, 2.24) is 19.5 Å². The largest absolute Gasteiger partial charge is 0.490 e. The monoisotopic (exact) mass is 734 g/mol. The van der Waals surface area contributed by atoms with Crippen molar-refractivity contribution in [3.63, 3.8) is 0 Å². The Balaban J connectivity index is 1.55. The molecule has 28 nitrogen and oxygen atoms in total. The minimum Gasteiger partial charge on any atom is -0.369 e. The fourth-order valence-corrected chi connectivity index (χ4v) is 7.82. The molecule has 2 aromatic rings. The number of fused-ring (bicyclic) bond motifs is 2. The molecule has 1 spiro atoms. The molecule has 0 aromatic carbocycles. The number of H-pyrrole nitrogens is 1. The summed E-state index contributed by atoms with van der Waals surface area (Å²) in [7, 11) is -17.5. The number of rotatable bonds is 11. The van der Waals surface area contributed by atoms with Crippen molar-refractivity contribution in [3.05, 3.63) is 70.6 Å². The maximum atomic E-state index is 12.4. The van der Waals surface area contributed by atoms with Gasteiger partial charge in [-0.2, -0.15) is 13.6 Å². The molecule has 7 N–H and O–H groups in total. The molecule has 4 heterocycles. The van der Waals surface area contributed by atoms with Crippen LogP contribution in [0.15, 0.2) is 34.7 Å². The molecule has 0 bridgehead atoms. The van der Waals surface area contributed by atoms with Gasteiger partial charge in [0.1, 0.15) is 18.3 Å². The van der Waals surface area contributed by atoms with Crippen LogP contribution in [0, 0.1) is 30.3 Å². The van der Waals surface area contributed by atoms with Crippen molar-refractivity contribution in [3.8, 4) is 0 Å². The van der Waals surface area contributed by atoms with E-state index in [1.54, 1.807) is 0 Å². The number of nitrogens with zero attached hydrogens (tertiary/aromatic N) is 6. The Labute approximate surface area is 255 Å². The first-order valence-electron chi connectivity index (χ1n) is 12.0. The number of anilines is 1. The van der Waals surface area contributed by atoms with Crippen molar-refractivity contribution < 1.29 is 75.4 Å². The lowest BCUT2D eigenvalue weighted by atomic mass is 9.99. The Morgan fingerprint density at radius 3 is 2.15 bits per heavy atom. The second kappa shape index (κ2) is 11.7. The average Bonchev–Trinajstić information content (AvgIpc) is 3.57. The third-order valence-corrected chi connectivity index (χ3v) is 10.2. The molecule has 2 aromatic heterocycles. The van der Waals surface area contributed by atoms with Crippen LogP contribution >= 0.6 is 23.5 Å². The van der Waals surface area contributed by atoms with Gasteiger partial charge in [-0.15, -0.1) is 0 Å². The number of phosphoric acid groups is 3. The van der Waals surface area contributed by atoms with E-state index in [0.29, 0.717) is 12.2 Å². The van der Waals surface area contributed by atoms with E-state index in [-0.39, 0.29) is 11.2 Å². The summed E-state index contributed by atoms with van der Waals surface area (Å²) < 4.78 is 65.0. The van der Waals surface area contributed by atoms with Crippen molar-refractivity contribution >= 4 is 40.6 Å². The SMILES string of the molecule is Nc1nc2c(ncn2[C@@H]2O[C@H](COP(=O)(O)OP(=O)(O)OP(=O)(O)O)[C@H]3OC4(O[C@H]32)C([N+](=O)[O-])=CC([N+](=O)[O-])C=C4[N+](=O)[O-])c(=O)[nH]1. The zero-order chi connectivity index (χ0) is 34.9. The zero-order valence-corrected chi connectivity index (χ0v) is 24.9. The first kappa shape index (κ1) is 34.5. The van der Waals surface area contributed by atoms with Gasteiger partial charge in [0.05, 0.1) is 34.9 Å². The number of imidazole rings is 1. The molecule has 2 aliphatic heterocycles. The van der Waals surface area contributed by atoms with E-state index in [9.17, 15) is 58.6 Å². The molecule has 0 saturated carbocycles. The van der Waals surface area contributed by atoms with Gasteiger partial charge >= 0.3 is 40.6 Å². The summed E-state index contributed by atoms with van der Waals surface area (Å²) in [5, 5.41) is 35.6. The number of ether oxygens (including phenoxy) is 3. The van der Waals surface area contributed by atoms with Crippen LogP contribution in [0.25, 0.3) is 11.2 Å². The van der Waals surface area contributed by atoms with Crippen LogP contribution in [0.5, 0.6) is 0 Å². The van der Waals surface area contributed by atoms with Gasteiger partial charge in [0.2, 0.25) is 5.95 Å². The summed E-state index contributed by atoms with van der Waals surface area (Å²) in [6.45, 7) is -1.25. The zero-order valence-electron chi connectivity index (χ0n) is 22.2. The van der Waals surface area contributed by atoms with Gasteiger partial charge in [-0.25, -0.2) is 18.7 Å². The Morgan fingerprint density at radius 2 is 1.60 bits per heavy atom. The van der Waals surface area contributed by atoms with Gasteiger partial charge in [-0.05, 0) is 0 Å². The summed E-state index contributed by atoms with van der Waals surface area (Å²) in [5.41, 5.74) is 1.48. The maximum absolute atomic E-state index is 12.4. The summed E-state index contributed by atoms with van der Waals surface area (Å²) >= 11 is 0. The van der Waals surface area contributed by atoms with E-state index >= 15 is 0 Å². The number of hydrogen-bond donors (Lipinski definition) is 6. The summed E-state index contributed by atoms with van der Waals surface area (Å²) in [6, 6.07) is -2.08. The van der Waals surface area contributed by atoms with E-state index in [0.717, 1.165) is 10.9 Å². The van der Waals surface area contributed by atoms with Crippen LogP contribution in [-0.4, -0.2) is 90.6 Å². The lowest BCUT2D eigenvalue weighted by Crippen LogP contribution is -2.47. The molecule has 0 amide bonds. The topological polar surface area (TPSA) is 407 Å². The summed E-state index contributed by atoms with van der Waals surface area (Å²) in [4.78, 5) is 91.0. The van der Waals surface area contributed by atoms with Gasteiger partial charge in [-0.1, -0.05) is 0 Å². The van der Waals surface area contributed by atoms with Crippen LogP contribution in [0.4, 0.5) is 5.95 Å². The number of nitro groups is 3. The van der Waals surface area contributed by atoms with E-state index in [1.807, 2.05) is 0 Å². The second-order valence-corrected chi connectivity index (χ2v) is 13.8. The highest BCUT2D eigenvalue weighted by Gasteiger charge is 2.71. The molecule has 256 valence electrons. The van der Waals surface area contributed by atoms with Gasteiger partial charge in [0, 0.05) is 4.92 Å². The number of aromatic nitrogens is 4. The predicted octanol–water partition coefficient (Wildman–Crippen LogP) is -1.60. The first-order valence-corrected chi connectivity index (χ1v) is 16.5. The molecule has 0 radical (unpaired) electrons. The van der Waals surface area contributed by atoms with Crippen molar-refractivity contribution in [2.45, 2.75) is 36.4 Å². The molecule has 2 fully saturated rings. The highest BCUT2D eigenvalue weighted by atomic mass is 31.3. The number of phosphoric ester groups is 1. The number of aromatic amines is 1. The van der Waals surface area contributed by atoms with E-state index < -0.39 is 104 Å². The van der Waals surface area contributed by atoms with Crippen LogP contribution < -0.4 is 11.3 Å². The average molecular weight is 734 g/mol. The summed E-state index contributed by atoms with van der Waals surface area (Å²) in [5.74, 6) is -3.52. The number of nitrogens with one attached hydrogen (secondary N) is 1. The van der Waals surface area contributed by atoms with Gasteiger partial charge in [0.25, 0.3) is 11.6 Å². The standard InChI is InChI=1S/C16H17N8O20P3/c17-15-19-12-9(13(25)20-15)18-4-21(12)14-11-10(6(40-14)3-39-46(35,36)44-47(37,38)43-45(32,33)34)41-16(42-11)7(23(28)29)1-5(22(26)27)2-8(16)24(30)31/h1-2,4-6,10-11,14H,3H2,(H,35,36)(H,37,38)(H2,32,33,34)(H3,17,19,20,25)/t5?,6-,10-,11-,14-,16?/m1/s1. The van der Waals surface area contributed by atoms with Crippen molar-refractivity contribution in [2.24, 2.45) is 0 Å². The fraction of sp³-hybridized carbons (Fsp3) is 0.438. The Hall–Kier alpha value is -3.88. The Morgan fingerprint density at radius 1 is 1.00 bits per heavy atom. The molecular formula is C16H17N8O20P3. The van der Waals surface area contributed by atoms with Crippen LogP contribution in [0.3, 0.4) is 0 Å². The van der Waals surface area contributed by atoms with E-state index in [1.165, 1.54) is 0 Å². The molecule has 31 heteroatoms. The Bertz CT molecular complexity index is 1920. The predicted molar refractivity (Wildman–Crippen MR) is 140 cm³/mol. The molecule has 2 saturated heterocycles. The lowest BCUT2D eigenvalue weighted by Gasteiger charge is -2.28. The van der Waals surface area contributed by atoms with E-state index in [2.05, 4.69) is 28.1 Å². The quantitative estimate of drug-likeness (QED) is 0.0860. The van der Waals surface area contributed by atoms with Crippen molar-refractivity contribution in [1.29, 1.82) is 0 Å². The van der Waals surface area contributed by atoms with Crippen LogP contribution in [0.2, 0.25) is 0 Å². The van der Waals surface area contributed by atoms with Crippen LogP contribution in [-0.2, 0) is 41.1 Å². The molecule has 2 unspecified atom stereocenters. The number of nitrogens with two attached hydrogens (primary N) is 1. The minimum absolute atomic E-state index is 0.305. The van der Waals surface area contributed by atoms with Gasteiger partial charge < -0.3 is 39.5 Å². The lowest BCUT2D eigenvalue weighted by molar-refractivity contribution is -0.522.